The van der Waals surface area contributed by atoms with Gasteiger partial charge < -0.3 is 5.11 Å². The Labute approximate surface area is 116 Å². The summed E-state index contributed by atoms with van der Waals surface area (Å²) in [5, 5.41) is 9.18. The van der Waals surface area contributed by atoms with Gasteiger partial charge in [0.15, 0.2) is 0 Å². The van der Waals surface area contributed by atoms with E-state index in [1.807, 2.05) is 12.1 Å². The molecule has 0 fully saturated rings. The van der Waals surface area contributed by atoms with Crippen molar-refractivity contribution in [2.24, 2.45) is 5.41 Å². The van der Waals surface area contributed by atoms with Crippen LogP contribution in [0, 0.1) is 5.41 Å². The second-order valence-corrected chi connectivity index (χ2v) is 6.19. The van der Waals surface area contributed by atoms with Gasteiger partial charge in [0.05, 0.1) is 5.41 Å². The van der Waals surface area contributed by atoms with Crippen LogP contribution in [0.2, 0.25) is 0 Å². The van der Waals surface area contributed by atoms with Crippen molar-refractivity contribution < 1.29 is 9.90 Å². The lowest BCUT2D eigenvalue weighted by Gasteiger charge is -2.22. The molecular formula is C16H25NO2. The van der Waals surface area contributed by atoms with Gasteiger partial charge in [-0.25, -0.2) is 0 Å². The van der Waals surface area contributed by atoms with Gasteiger partial charge in [0.2, 0.25) is 0 Å². The van der Waals surface area contributed by atoms with E-state index in [9.17, 15) is 9.90 Å². The van der Waals surface area contributed by atoms with Crippen LogP contribution in [0.15, 0.2) is 24.3 Å². The average molecular weight is 263 g/mol. The Kier molecular flexibility index (Phi) is 5.12. The van der Waals surface area contributed by atoms with Gasteiger partial charge in [-0.1, -0.05) is 24.3 Å². The second-order valence-electron chi connectivity index (χ2n) is 6.19. The summed E-state index contributed by atoms with van der Waals surface area (Å²) >= 11 is 0. The maximum Gasteiger partial charge on any atom is 0.309 e. The molecule has 19 heavy (non-hydrogen) atoms. The van der Waals surface area contributed by atoms with Crippen molar-refractivity contribution in [2.75, 3.05) is 7.05 Å². The molecule has 0 aliphatic carbocycles. The summed E-state index contributed by atoms with van der Waals surface area (Å²) in [7, 11) is 2.10. The predicted octanol–water partition coefficient (Wildman–Crippen LogP) is 3.18. The summed E-state index contributed by atoms with van der Waals surface area (Å²) < 4.78 is 0. The van der Waals surface area contributed by atoms with Crippen LogP contribution < -0.4 is 0 Å². The van der Waals surface area contributed by atoms with Crippen molar-refractivity contribution in [3.05, 3.63) is 35.4 Å². The highest BCUT2D eigenvalue weighted by Gasteiger charge is 2.27. The Balaban J connectivity index is 2.80. The molecular weight excluding hydrogens is 238 g/mol. The molecule has 1 aromatic carbocycles. The van der Waals surface area contributed by atoms with Crippen molar-refractivity contribution in [3.8, 4) is 0 Å². The molecule has 0 spiro atoms. The first-order valence-corrected chi connectivity index (χ1v) is 6.74. The number of carboxylic acid groups (broad SMARTS) is 1. The number of carbonyl (C=O) groups is 1. The second kappa shape index (κ2) is 6.20. The monoisotopic (exact) mass is 263 g/mol. The Morgan fingerprint density at radius 3 is 2.42 bits per heavy atom. The van der Waals surface area contributed by atoms with E-state index in [1.165, 1.54) is 5.56 Å². The molecule has 0 amide bonds. The van der Waals surface area contributed by atoms with Crippen LogP contribution in [0.25, 0.3) is 0 Å². The van der Waals surface area contributed by atoms with Crippen LogP contribution in [0.1, 0.15) is 38.8 Å². The van der Waals surface area contributed by atoms with Gasteiger partial charge >= 0.3 is 5.97 Å². The SMILES string of the molecule is CC(C)N(C)Cc1cccc(CC(C)(C)C(=O)O)c1. The topological polar surface area (TPSA) is 40.5 Å². The molecule has 0 atom stereocenters. The van der Waals surface area contributed by atoms with Gasteiger partial charge in [-0.05, 0) is 52.3 Å². The normalized spacial score (nSPS) is 12.2. The van der Waals surface area contributed by atoms with Crippen LogP contribution in [0.3, 0.4) is 0 Å². The molecule has 106 valence electrons. The van der Waals surface area contributed by atoms with Gasteiger partial charge in [-0.15, -0.1) is 0 Å². The zero-order valence-electron chi connectivity index (χ0n) is 12.6. The Hall–Kier alpha value is -1.35. The lowest BCUT2D eigenvalue weighted by Crippen LogP contribution is -2.27. The molecule has 0 radical (unpaired) electrons. The van der Waals surface area contributed by atoms with Crippen molar-refractivity contribution in [1.82, 2.24) is 4.90 Å². The number of hydrogen-bond acceptors (Lipinski definition) is 2. The van der Waals surface area contributed by atoms with E-state index in [2.05, 4.69) is 37.9 Å². The number of carboxylic acids is 1. The van der Waals surface area contributed by atoms with Crippen LogP contribution >= 0.6 is 0 Å². The lowest BCUT2D eigenvalue weighted by molar-refractivity contribution is -0.146. The minimum absolute atomic E-state index is 0.499. The summed E-state index contributed by atoms with van der Waals surface area (Å²) in [5.41, 5.74) is 1.60. The first-order valence-electron chi connectivity index (χ1n) is 6.74. The largest absolute Gasteiger partial charge is 0.481 e. The number of benzene rings is 1. The number of hydrogen-bond donors (Lipinski definition) is 1. The van der Waals surface area contributed by atoms with Crippen molar-refractivity contribution >= 4 is 5.97 Å². The summed E-state index contributed by atoms with van der Waals surface area (Å²) in [6.07, 6.45) is 0.557. The van der Waals surface area contributed by atoms with Gasteiger partial charge in [-0.3, -0.25) is 9.69 Å². The summed E-state index contributed by atoms with van der Waals surface area (Å²) in [6.45, 7) is 8.75. The highest BCUT2D eigenvalue weighted by atomic mass is 16.4. The fourth-order valence-corrected chi connectivity index (χ4v) is 1.89. The molecule has 0 unspecified atom stereocenters. The van der Waals surface area contributed by atoms with Gasteiger partial charge in [0.1, 0.15) is 0 Å². The highest BCUT2D eigenvalue weighted by molar-refractivity contribution is 5.74. The van der Waals surface area contributed by atoms with Crippen LogP contribution in [0.4, 0.5) is 0 Å². The first-order chi connectivity index (χ1) is 8.72. The van der Waals surface area contributed by atoms with E-state index in [-0.39, 0.29) is 0 Å². The summed E-state index contributed by atoms with van der Waals surface area (Å²) in [5.74, 6) is -0.753. The molecule has 1 N–H and O–H groups in total. The van der Waals surface area contributed by atoms with Gasteiger partial charge in [-0.2, -0.15) is 0 Å². The van der Waals surface area contributed by atoms with Crippen LogP contribution in [-0.4, -0.2) is 29.1 Å². The fourth-order valence-electron chi connectivity index (χ4n) is 1.89. The molecule has 3 nitrogen and oxygen atoms in total. The molecule has 1 rings (SSSR count). The maximum atomic E-state index is 11.2. The van der Waals surface area contributed by atoms with E-state index in [0.717, 1.165) is 12.1 Å². The lowest BCUT2D eigenvalue weighted by atomic mass is 9.85. The molecule has 0 saturated heterocycles. The van der Waals surface area contributed by atoms with Gasteiger partial charge in [0.25, 0.3) is 0 Å². The molecule has 0 aliphatic rings. The quantitative estimate of drug-likeness (QED) is 0.857. The van der Waals surface area contributed by atoms with Gasteiger partial charge in [0, 0.05) is 12.6 Å². The van der Waals surface area contributed by atoms with E-state index >= 15 is 0 Å². The van der Waals surface area contributed by atoms with Crippen LogP contribution in [0.5, 0.6) is 0 Å². The smallest absolute Gasteiger partial charge is 0.309 e. The number of nitrogens with zero attached hydrogens (tertiary/aromatic N) is 1. The molecule has 3 heteroatoms. The molecule has 0 heterocycles. The van der Waals surface area contributed by atoms with Crippen molar-refractivity contribution in [1.29, 1.82) is 0 Å². The van der Waals surface area contributed by atoms with E-state index in [4.69, 9.17) is 0 Å². The Morgan fingerprint density at radius 1 is 1.32 bits per heavy atom. The molecule has 0 saturated carbocycles. The van der Waals surface area contributed by atoms with E-state index < -0.39 is 11.4 Å². The number of aliphatic carboxylic acids is 1. The molecule has 0 bridgehead atoms. The van der Waals surface area contributed by atoms with Crippen LogP contribution in [-0.2, 0) is 17.8 Å². The third-order valence-electron chi connectivity index (χ3n) is 3.53. The number of rotatable bonds is 6. The van der Waals surface area contributed by atoms with Crippen molar-refractivity contribution in [3.63, 3.8) is 0 Å². The fraction of sp³-hybridized carbons (Fsp3) is 0.562. The third-order valence-corrected chi connectivity index (χ3v) is 3.53. The Bertz CT molecular complexity index is 438. The minimum atomic E-state index is -0.753. The highest BCUT2D eigenvalue weighted by Crippen LogP contribution is 2.23. The zero-order chi connectivity index (χ0) is 14.6. The molecule has 0 aromatic heterocycles. The summed E-state index contributed by atoms with van der Waals surface area (Å²) in [6, 6.07) is 8.72. The minimum Gasteiger partial charge on any atom is -0.481 e. The van der Waals surface area contributed by atoms with E-state index in [1.54, 1.807) is 13.8 Å². The third kappa shape index (κ3) is 4.67. The maximum absolute atomic E-state index is 11.2. The zero-order valence-corrected chi connectivity index (χ0v) is 12.6. The summed E-state index contributed by atoms with van der Waals surface area (Å²) in [4.78, 5) is 13.4. The molecule has 1 aromatic rings. The van der Waals surface area contributed by atoms with E-state index in [0.29, 0.717) is 12.5 Å². The van der Waals surface area contributed by atoms with Crippen molar-refractivity contribution in [2.45, 2.75) is 46.7 Å². The first kappa shape index (κ1) is 15.7. The molecule has 0 aliphatic heterocycles. The average Bonchev–Trinajstić information content (AvgIpc) is 2.28. The standard InChI is InChI=1S/C16H25NO2/c1-12(2)17(5)11-14-8-6-7-13(9-14)10-16(3,4)15(18)19/h6-9,12H,10-11H2,1-5H3,(H,18,19). The Morgan fingerprint density at radius 2 is 1.89 bits per heavy atom. The predicted molar refractivity (Wildman–Crippen MR) is 78.2 cm³/mol.